The topological polar surface area (TPSA) is 109 Å². The SMILES string of the molecule is CCC(c1nc(Nc2ccc(-c3cnco3)c(OC)c2)nc(-c2ccccc2)n1)N(CCO)c1ccccc1. The van der Waals surface area contributed by atoms with E-state index in [2.05, 4.69) is 22.1 Å². The van der Waals surface area contributed by atoms with Crippen molar-refractivity contribution < 1.29 is 14.3 Å². The van der Waals surface area contributed by atoms with Crippen molar-refractivity contribution in [2.75, 3.05) is 30.5 Å². The lowest BCUT2D eigenvalue weighted by Crippen LogP contribution is -2.32. The molecule has 0 bridgehead atoms. The van der Waals surface area contributed by atoms with E-state index in [4.69, 9.17) is 24.1 Å². The zero-order valence-corrected chi connectivity index (χ0v) is 21.9. The fourth-order valence-corrected chi connectivity index (χ4v) is 4.50. The van der Waals surface area contributed by atoms with Crippen LogP contribution in [0.3, 0.4) is 0 Å². The fraction of sp³-hybridized carbons (Fsp3) is 0.200. The maximum Gasteiger partial charge on any atom is 0.231 e. The van der Waals surface area contributed by atoms with Gasteiger partial charge in [-0.3, -0.25) is 0 Å². The zero-order valence-electron chi connectivity index (χ0n) is 21.9. The van der Waals surface area contributed by atoms with Crippen LogP contribution in [0.2, 0.25) is 0 Å². The van der Waals surface area contributed by atoms with Crippen LogP contribution in [0.15, 0.2) is 95.9 Å². The summed E-state index contributed by atoms with van der Waals surface area (Å²) in [6.45, 7) is 2.53. The summed E-state index contributed by atoms with van der Waals surface area (Å²) in [5.74, 6) is 2.81. The molecule has 2 heterocycles. The molecule has 0 spiro atoms. The van der Waals surface area contributed by atoms with E-state index in [1.54, 1.807) is 13.3 Å². The summed E-state index contributed by atoms with van der Waals surface area (Å²) in [5, 5.41) is 13.2. The van der Waals surface area contributed by atoms with Gasteiger partial charge in [-0.05, 0) is 30.7 Å². The van der Waals surface area contributed by atoms with Gasteiger partial charge in [0.05, 0.1) is 31.5 Å². The Balaban J connectivity index is 1.55. The minimum atomic E-state index is -0.186. The van der Waals surface area contributed by atoms with Crippen LogP contribution >= 0.6 is 0 Å². The van der Waals surface area contributed by atoms with E-state index in [1.807, 2.05) is 78.9 Å². The lowest BCUT2D eigenvalue weighted by Gasteiger charge is -2.32. The van der Waals surface area contributed by atoms with E-state index in [0.717, 1.165) is 28.9 Å². The molecule has 0 saturated carbocycles. The monoisotopic (exact) mass is 522 g/mol. The van der Waals surface area contributed by atoms with Gasteiger partial charge in [0.1, 0.15) is 5.75 Å². The van der Waals surface area contributed by atoms with Crippen LogP contribution in [0.1, 0.15) is 25.2 Å². The molecular formula is C30H30N6O3. The predicted molar refractivity (Wildman–Crippen MR) is 151 cm³/mol. The molecule has 0 aliphatic heterocycles. The van der Waals surface area contributed by atoms with E-state index in [-0.39, 0.29) is 12.6 Å². The van der Waals surface area contributed by atoms with Crippen LogP contribution in [0.25, 0.3) is 22.7 Å². The molecule has 0 amide bonds. The summed E-state index contributed by atoms with van der Waals surface area (Å²) in [5.41, 5.74) is 3.40. The van der Waals surface area contributed by atoms with Gasteiger partial charge in [0.2, 0.25) is 5.95 Å². The van der Waals surface area contributed by atoms with Crippen molar-refractivity contribution in [3.05, 3.63) is 97.3 Å². The van der Waals surface area contributed by atoms with Crippen LogP contribution in [0.5, 0.6) is 5.75 Å². The average Bonchev–Trinajstić information content (AvgIpc) is 3.53. The van der Waals surface area contributed by atoms with Gasteiger partial charge in [0.15, 0.2) is 23.8 Å². The molecule has 9 nitrogen and oxygen atoms in total. The number of nitrogens with zero attached hydrogens (tertiary/aromatic N) is 5. The van der Waals surface area contributed by atoms with Crippen molar-refractivity contribution in [3.63, 3.8) is 0 Å². The van der Waals surface area contributed by atoms with Crippen molar-refractivity contribution >= 4 is 17.3 Å². The van der Waals surface area contributed by atoms with Crippen LogP contribution in [0.4, 0.5) is 17.3 Å². The number of methoxy groups -OCH3 is 1. The van der Waals surface area contributed by atoms with Gasteiger partial charge in [-0.1, -0.05) is 55.5 Å². The Kier molecular flexibility index (Phi) is 8.09. The summed E-state index contributed by atoms with van der Waals surface area (Å²) in [6, 6.07) is 25.3. The number of aliphatic hydroxyl groups excluding tert-OH is 1. The Morgan fingerprint density at radius 1 is 0.974 bits per heavy atom. The number of para-hydroxylation sites is 1. The summed E-state index contributed by atoms with van der Waals surface area (Å²) in [7, 11) is 1.61. The number of anilines is 3. The molecule has 3 aromatic carbocycles. The third-order valence-corrected chi connectivity index (χ3v) is 6.33. The standard InChI is InChI=1S/C30H30N6O3/c1-3-25(36(16-17-37)23-12-8-5-9-13-23)29-33-28(21-10-6-4-7-11-21)34-30(35-29)32-22-14-15-24(26(18-22)38-2)27-19-31-20-39-27/h4-15,18-20,25,37H,3,16-17H2,1-2H3,(H,32,33,34,35). The van der Waals surface area contributed by atoms with Gasteiger partial charge in [0.25, 0.3) is 0 Å². The molecule has 2 aromatic heterocycles. The van der Waals surface area contributed by atoms with E-state index in [1.165, 1.54) is 6.39 Å². The minimum absolute atomic E-state index is 0.00442. The Bertz CT molecular complexity index is 1480. The van der Waals surface area contributed by atoms with Gasteiger partial charge >= 0.3 is 0 Å². The average molecular weight is 523 g/mol. The number of ether oxygens (including phenoxy) is 1. The first kappa shape index (κ1) is 25.9. The molecule has 5 aromatic rings. The lowest BCUT2D eigenvalue weighted by atomic mass is 10.1. The highest BCUT2D eigenvalue weighted by Crippen LogP contribution is 2.34. The second-order valence-corrected chi connectivity index (χ2v) is 8.79. The fourth-order valence-electron chi connectivity index (χ4n) is 4.50. The Labute approximate surface area is 227 Å². The molecule has 9 heteroatoms. The van der Waals surface area contributed by atoms with Gasteiger partial charge in [0, 0.05) is 29.5 Å². The number of rotatable bonds is 11. The maximum atomic E-state index is 9.88. The first-order chi connectivity index (χ1) is 19.2. The smallest absolute Gasteiger partial charge is 0.231 e. The molecule has 0 aliphatic rings. The Morgan fingerprint density at radius 2 is 1.74 bits per heavy atom. The number of nitrogens with one attached hydrogen (secondary N) is 1. The highest BCUT2D eigenvalue weighted by molar-refractivity contribution is 5.71. The number of benzene rings is 3. The number of oxazole rings is 1. The van der Waals surface area contributed by atoms with E-state index in [0.29, 0.717) is 35.7 Å². The van der Waals surface area contributed by atoms with Crippen LogP contribution in [-0.2, 0) is 0 Å². The highest BCUT2D eigenvalue weighted by atomic mass is 16.5. The summed E-state index contributed by atoms with van der Waals surface area (Å²) in [4.78, 5) is 20.6. The van der Waals surface area contributed by atoms with Crippen molar-refractivity contribution in [3.8, 4) is 28.5 Å². The molecule has 1 atom stereocenters. The maximum absolute atomic E-state index is 9.88. The summed E-state index contributed by atoms with van der Waals surface area (Å²) >= 11 is 0. The summed E-state index contributed by atoms with van der Waals surface area (Å²) < 4.78 is 11.1. The largest absolute Gasteiger partial charge is 0.496 e. The minimum Gasteiger partial charge on any atom is -0.496 e. The molecule has 39 heavy (non-hydrogen) atoms. The first-order valence-electron chi connectivity index (χ1n) is 12.8. The van der Waals surface area contributed by atoms with Crippen molar-refractivity contribution in [1.29, 1.82) is 0 Å². The van der Waals surface area contributed by atoms with Gasteiger partial charge in [-0.15, -0.1) is 0 Å². The number of aromatic nitrogens is 4. The lowest BCUT2D eigenvalue weighted by molar-refractivity contribution is 0.296. The normalized spacial score (nSPS) is 11.7. The third kappa shape index (κ3) is 5.89. The number of aliphatic hydroxyl groups is 1. The Morgan fingerprint density at radius 3 is 2.41 bits per heavy atom. The van der Waals surface area contributed by atoms with Gasteiger partial charge < -0.3 is 24.5 Å². The molecular weight excluding hydrogens is 492 g/mol. The zero-order chi connectivity index (χ0) is 27.0. The van der Waals surface area contributed by atoms with E-state index in [9.17, 15) is 5.11 Å². The molecule has 5 rings (SSSR count). The van der Waals surface area contributed by atoms with Crippen molar-refractivity contribution in [1.82, 2.24) is 19.9 Å². The quantitative estimate of drug-likeness (QED) is 0.219. The molecule has 1 unspecified atom stereocenters. The molecule has 198 valence electrons. The molecule has 0 radical (unpaired) electrons. The second-order valence-electron chi connectivity index (χ2n) is 8.79. The highest BCUT2D eigenvalue weighted by Gasteiger charge is 2.24. The van der Waals surface area contributed by atoms with Crippen molar-refractivity contribution in [2.45, 2.75) is 19.4 Å². The van der Waals surface area contributed by atoms with Crippen LogP contribution < -0.4 is 15.0 Å². The van der Waals surface area contributed by atoms with Crippen molar-refractivity contribution in [2.24, 2.45) is 0 Å². The number of hydrogen-bond donors (Lipinski definition) is 2. The third-order valence-electron chi connectivity index (χ3n) is 6.33. The summed E-state index contributed by atoms with van der Waals surface area (Å²) in [6.07, 6.45) is 3.76. The molecule has 0 aliphatic carbocycles. The van der Waals surface area contributed by atoms with Crippen LogP contribution in [0, 0.1) is 0 Å². The molecule has 0 fully saturated rings. The number of hydrogen-bond acceptors (Lipinski definition) is 9. The van der Waals surface area contributed by atoms with E-state index >= 15 is 0 Å². The predicted octanol–water partition coefficient (Wildman–Crippen LogP) is 5.90. The van der Waals surface area contributed by atoms with Gasteiger partial charge in [-0.25, -0.2) is 9.97 Å². The Hall–Kier alpha value is -4.76. The van der Waals surface area contributed by atoms with E-state index < -0.39 is 0 Å². The molecule has 2 N–H and O–H groups in total. The first-order valence-corrected chi connectivity index (χ1v) is 12.8. The second kappa shape index (κ2) is 12.2. The molecule has 0 saturated heterocycles. The van der Waals surface area contributed by atoms with Gasteiger partial charge in [-0.2, -0.15) is 9.97 Å². The van der Waals surface area contributed by atoms with Crippen LogP contribution in [-0.4, -0.2) is 45.3 Å².